The third-order valence-electron chi connectivity index (χ3n) is 4.29. The Morgan fingerprint density at radius 1 is 1.07 bits per heavy atom. The van der Waals surface area contributed by atoms with Gasteiger partial charge in [-0.25, -0.2) is 4.98 Å². The summed E-state index contributed by atoms with van der Waals surface area (Å²) in [7, 11) is 0. The lowest BCUT2D eigenvalue weighted by atomic mass is 10.2. The van der Waals surface area contributed by atoms with Crippen molar-refractivity contribution in [2.45, 2.75) is 13.2 Å². The zero-order chi connectivity index (χ0) is 19.3. The molecular formula is C22H18ClN3O2. The molecule has 0 atom stereocenters. The smallest absolute Gasteiger partial charge is 0.251 e. The topological polar surface area (TPSA) is 55.6 Å². The Labute approximate surface area is 167 Å². The molecule has 0 fully saturated rings. The maximum Gasteiger partial charge on any atom is 0.251 e. The van der Waals surface area contributed by atoms with Crippen molar-refractivity contribution in [1.82, 2.24) is 14.7 Å². The summed E-state index contributed by atoms with van der Waals surface area (Å²) in [5, 5.41) is 3.51. The molecule has 1 amide bonds. The third-order valence-corrected chi connectivity index (χ3v) is 4.66. The summed E-state index contributed by atoms with van der Waals surface area (Å²) in [4.78, 5) is 17.0. The molecule has 140 valence electrons. The summed E-state index contributed by atoms with van der Waals surface area (Å²) >= 11 is 6.13. The van der Waals surface area contributed by atoms with Crippen LogP contribution < -0.4 is 10.1 Å². The maximum atomic E-state index is 12.4. The number of pyridine rings is 1. The minimum Gasteiger partial charge on any atom is -0.487 e. The molecule has 0 aliphatic heterocycles. The van der Waals surface area contributed by atoms with Crippen molar-refractivity contribution >= 4 is 23.2 Å². The number of fused-ring (bicyclic) bond motifs is 1. The molecule has 4 aromatic rings. The van der Waals surface area contributed by atoms with Crippen molar-refractivity contribution in [3.63, 3.8) is 0 Å². The fourth-order valence-electron chi connectivity index (χ4n) is 2.86. The Bertz CT molecular complexity index is 1090. The van der Waals surface area contributed by atoms with E-state index in [1.54, 1.807) is 24.3 Å². The number of hydrogen-bond acceptors (Lipinski definition) is 3. The van der Waals surface area contributed by atoms with Crippen LogP contribution in [0.2, 0.25) is 5.02 Å². The summed E-state index contributed by atoms with van der Waals surface area (Å²) in [6.07, 6.45) is 3.87. The molecule has 0 bridgehead atoms. The highest BCUT2D eigenvalue weighted by atomic mass is 35.5. The van der Waals surface area contributed by atoms with Crippen molar-refractivity contribution in [2.75, 3.05) is 0 Å². The van der Waals surface area contributed by atoms with Gasteiger partial charge >= 0.3 is 0 Å². The Morgan fingerprint density at radius 3 is 2.79 bits per heavy atom. The normalized spacial score (nSPS) is 10.8. The van der Waals surface area contributed by atoms with E-state index >= 15 is 0 Å². The average molecular weight is 392 g/mol. The van der Waals surface area contributed by atoms with E-state index in [1.165, 1.54) is 0 Å². The second-order valence-electron chi connectivity index (χ2n) is 6.29. The Hall–Kier alpha value is -3.31. The number of carbonyl (C=O) groups excluding carboxylic acids is 1. The summed E-state index contributed by atoms with van der Waals surface area (Å²) in [5.74, 6) is 0.431. The number of rotatable bonds is 6. The molecule has 0 aliphatic rings. The van der Waals surface area contributed by atoms with Crippen LogP contribution in [0, 0.1) is 0 Å². The van der Waals surface area contributed by atoms with Gasteiger partial charge in [0.25, 0.3) is 5.91 Å². The van der Waals surface area contributed by atoms with Crippen molar-refractivity contribution in [2.24, 2.45) is 0 Å². The van der Waals surface area contributed by atoms with Gasteiger partial charge in [0, 0.05) is 29.5 Å². The predicted octanol–water partition coefficient (Wildman–Crippen LogP) is 4.50. The molecule has 0 unspecified atom stereocenters. The first-order chi connectivity index (χ1) is 13.7. The highest BCUT2D eigenvalue weighted by molar-refractivity contribution is 6.31. The lowest BCUT2D eigenvalue weighted by molar-refractivity contribution is 0.0950. The Balaban J connectivity index is 1.39. The van der Waals surface area contributed by atoms with E-state index in [4.69, 9.17) is 16.3 Å². The monoisotopic (exact) mass is 391 g/mol. The van der Waals surface area contributed by atoms with Crippen LogP contribution in [-0.2, 0) is 13.2 Å². The highest BCUT2D eigenvalue weighted by Crippen LogP contribution is 2.17. The van der Waals surface area contributed by atoms with Gasteiger partial charge in [0.15, 0.2) is 0 Å². The highest BCUT2D eigenvalue weighted by Gasteiger charge is 2.09. The number of carbonyl (C=O) groups is 1. The van der Waals surface area contributed by atoms with Gasteiger partial charge in [0.05, 0.1) is 5.69 Å². The van der Waals surface area contributed by atoms with Gasteiger partial charge in [-0.15, -0.1) is 0 Å². The van der Waals surface area contributed by atoms with Gasteiger partial charge in [-0.1, -0.05) is 41.9 Å². The second kappa shape index (κ2) is 8.15. The molecule has 2 heterocycles. The molecular weight excluding hydrogens is 374 g/mol. The quantitative estimate of drug-likeness (QED) is 0.526. The fraction of sp³-hybridized carbons (Fsp3) is 0.0909. The predicted molar refractivity (Wildman–Crippen MR) is 109 cm³/mol. The van der Waals surface area contributed by atoms with Gasteiger partial charge in [-0.05, 0) is 42.0 Å². The molecule has 0 saturated carbocycles. The van der Waals surface area contributed by atoms with Crippen LogP contribution in [0.1, 0.15) is 21.6 Å². The summed E-state index contributed by atoms with van der Waals surface area (Å²) in [6, 6.07) is 20.4. The van der Waals surface area contributed by atoms with Crippen LogP contribution >= 0.6 is 11.6 Å². The van der Waals surface area contributed by atoms with E-state index in [2.05, 4.69) is 10.3 Å². The average Bonchev–Trinajstić information content (AvgIpc) is 3.15. The van der Waals surface area contributed by atoms with Crippen molar-refractivity contribution in [1.29, 1.82) is 0 Å². The van der Waals surface area contributed by atoms with E-state index < -0.39 is 0 Å². The number of benzene rings is 2. The molecule has 28 heavy (non-hydrogen) atoms. The molecule has 2 aromatic heterocycles. The SMILES string of the molecule is O=C(NCc1ccccc1Cl)c1cccc(OCc2cn3ccccc3n2)c1. The molecule has 1 N–H and O–H groups in total. The van der Waals surface area contributed by atoms with Crippen LogP contribution in [0.25, 0.3) is 5.65 Å². The zero-order valence-electron chi connectivity index (χ0n) is 15.0. The number of hydrogen-bond donors (Lipinski definition) is 1. The summed E-state index contributed by atoms with van der Waals surface area (Å²) < 4.78 is 7.76. The number of halogens is 1. The second-order valence-corrected chi connectivity index (χ2v) is 6.70. The van der Waals surface area contributed by atoms with Crippen molar-refractivity contribution in [3.8, 4) is 5.75 Å². The van der Waals surface area contributed by atoms with Gasteiger partial charge < -0.3 is 14.5 Å². The number of amides is 1. The van der Waals surface area contributed by atoms with E-state index in [1.807, 2.05) is 59.3 Å². The maximum absolute atomic E-state index is 12.4. The van der Waals surface area contributed by atoms with Crippen LogP contribution in [0.15, 0.2) is 79.1 Å². The van der Waals surface area contributed by atoms with E-state index in [9.17, 15) is 4.79 Å². The Morgan fingerprint density at radius 2 is 1.93 bits per heavy atom. The Kier molecular flexibility index (Phi) is 5.26. The largest absolute Gasteiger partial charge is 0.487 e. The number of aromatic nitrogens is 2. The van der Waals surface area contributed by atoms with E-state index in [0.717, 1.165) is 16.9 Å². The molecule has 0 radical (unpaired) electrons. The lowest BCUT2D eigenvalue weighted by Gasteiger charge is -2.09. The standard InChI is InChI=1S/C22H18ClN3O2/c23-20-9-2-1-6-17(20)13-24-22(27)16-7-5-8-19(12-16)28-15-18-14-26-11-4-3-10-21(26)25-18/h1-12,14H,13,15H2,(H,24,27). The summed E-state index contributed by atoms with van der Waals surface area (Å²) in [6.45, 7) is 0.692. The van der Waals surface area contributed by atoms with Crippen LogP contribution in [0.3, 0.4) is 0 Å². The first-order valence-corrected chi connectivity index (χ1v) is 9.24. The van der Waals surface area contributed by atoms with Gasteiger partial charge in [-0.2, -0.15) is 0 Å². The molecule has 0 saturated heterocycles. The third kappa shape index (κ3) is 4.15. The van der Waals surface area contributed by atoms with Crippen LogP contribution in [0.4, 0.5) is 0 Å². The lowest BCUT2D eigenvalue weighted by Crippen LogP contribution is -2.22. The minimum absolute atomic E-state index is 0.182. The zero-order valence-corrected chi connectivity index (χ0v) is 15.8. The summed E-state index contributed by atoms with van der Waals surface area (Å²) in [5.41, 5.74) is 3.09. The molecule has 0 aliphatic carbocycles. The van der Waals surface area contributed by atoms with Gasteiger partial charge in [-0.3, -0.25) is 4.79 Å². The molecule has 2 aromatic carbocycles. The number of ether oxygens (including phenoxy) is 1. The molecule has 4 rings (SSSR count). The van der Waals surface area contributed by atoms with E-state index in [-0.39, 0.29) is 5.91 Å². The van der Waals surface area contributed by atoms with Gasteiger partial charge in [0.2, 0.25) is 0 Å². The molecule has 0 spiro atoms. The van der Waals surface area contributed by atoms with Crippen molar-refractivity contribution in [3.05, 3.63) is 101 Å². The first-order valence-electron chi connectivity index (χ1n) is 8.86. The van der Waals surface area contributed by atoms with Crippen LogP contribution in [-0.4, -0.2) is 15.3 Å². The van der Waals surface area contributed by atoms with Gasteiger partial charge in [0.1, 0.15) is 18.0 Å². The van der Waals surface area contributed by atoms with Crippen molar-refractivity contribution < 1.29 is 9.53 Å². The number of nitrogens with one attached hydrogen (secondary N) is 1. The minimum atomic E-state index is -0.182. The first kappa shape index (κ1) is 18.1. The molecule has 6 heteroatoms. The fourth-order valence-corrected chi connectivity index (χ4v) is 3.06. The van der Waals surface area contributed by atoms with Crippen LogP contribution in [0.5, 0.6) is 5.75 Å². The van der Waals surface area contributed by atoms with E-state index in [0.29, 0.717) is 29.5 Å². The number of imidazole rings is 1. The number of nitrogens with zero attached hydrogens (tertiary/aromatic N) is 2. The molecule has 5 nitrogen and oxygen atoms in total.